The van der Waals surface area contributed by atoms with E-state index in [1.807, 2.05) is 0 Å². The third-order valence-electron chi connectivity index (χ3n) is 8.01. The van der Waals surface area contributed by atoms with Crippen LogP contribution >= 0.6 is 0 Å². The van der Waals surface area contributed by atoms with Crippen LogP contribution in [0.4, 0.5) is 0 Å². The molecule has 2 saturated heterocycles. The highest BCUT2D eigenvalue weighted by atomic mass is 16.8. The van der Waals surface area contributed by atoms with E-state index in [0.29, 0.717) is 0 Å². The molecule has 3 rings (SSSR count). The fourth-order valence-corrected chi connectivity index (χ4v) is 5.97. The molecule has 0 aromatic heterocycles. The average Bonchev–Trinajstić information content (AvgIpc) is 3.13. The van der Waals surface area contributed by atoms with Gasteiger partial charge in [0.25, 0.3) is 0 Å². The van der Waals surface area contributed by atoms with E-state index >= 15 is 0 Å². The Balaban J connectivity index is 1.99. The summed E-state index contributed by atoms with van der Waals surface area (Å²) in [5.74, 6) is -9.39. The first-order valence-corrected chi connectivity index (χ1v) is 18.5. The highest BCUT2D eigenvalue weighted by Crippen LogP contribution is 2.36. The Morgan fingerprint density at radius 3 is 1.29 bits per heavy atom. The van der Waals surface area contributed by atoms with Crippen LogP contribution in [0.1, 0.15) is 67.9 Å². The molecular formula is C39H46O23. The van der Waals surface area contributed by atoms with E-state index in [9.17, 15) is 47.9 Å². The SMILES string of the molecule is CC(=O)OC[C@H]1O[C@@H](OC(=O)/C=C/c2ccc(O[C@@H]3O[C@H](COC(C)=O)[C@@H](OC(C)=O)[C@H](OC(C)=O)[C@H]3OC(C)=O)c(OC(C)=O)c2)[C@H](OC(C)=O)[C@@H](OC(C)=O)[C@@H]1OC(C)=O. The zero-order valence-electron chi connectivity index (χ0n) is 35.0. The fourth-order valence-electron chi connectivity index (χ4n) is 5.97. The minimum atomic E-state index is -1.83. The van der Waals surface area contributed by atoms with Crippen LogP contribution in [0.3, 0.4) is 0 Å². The van der Waals surface area contributed by atoms with E-state index in [0.717, 1.165) is 68.4 Å². The Labute approximate surface area is 353 Å². The van der Waals surface area contributed by atoms with E-state index in [4.69, 9.17) is 61.6 Å². The summed E-state index contributed by atoms with van der Waals surface area (Å²) in [6.45, 7) is 8.28. The Morgan fingerprint density at radius 2 is 0.871 bits per heavy atom. The highest BCUT2D eigenvalue weighted by Gasteiger charge is 2.55. The van der Waals surface area contributed by atoms with Gasteiger partial charge in [0.15, 0.2) is 35.9 Å². The van der Waals surface area contributed by atoms with Gasteiger partial charge >= 0.3 is 59.7 Å². The number of ether oxygens (including phenoxy) is 13. The molecule has 2 aliphatic heterocycles. The van der Waals surface area contributed by atoms with Crippen molar-refractivity contribution in [3.05, 3.63) is 29.8 Å². The first kappa shape index (κ1) is 49.7. The lowest BCUT2D eigenvalue weighted by Gasteiger charge is -2.44. The second-order valence-electron chi connectivity index (χ2n) is 13.3. The molecule has 0 bridgehead atoms. The summed E-state index contributed by atoms with van der Waals surface area (Å²) >= 11 is 0. The average molecular weight is 883 g/mol. The number of hydrogen-bond acceptors (Lipinski definition) is 23. The number of carbonyl (C=O) groups excluding carboxylic acids is 10. The second-order valence-corrected chi connectivity index (χ2v) is 13.3. The molecule has 0 amide bonds. The van der Waals surface area contributed by atoms with E-state index < -0.39 is 134 Å². The standard InChI is InChI=1S/C39H46O23/c1-17(40)50-15-29-32(53-20(4)43)34(55-22(6)45)36(57-24(8)47)38(60-29)59-27-12-10-26(14-28(27)52-19(3)42)11-13-31(49)62-39-37(58-25(9)48)35(56-23(7)46)33(54-21(5)44)30(61-39)16-51-18(2)41/h10-14,29-30,32-39H,15-16H2,1-9H3/b13-11+/t29-,30-,32-,33-,34+,35+,36-,37-,38-,39+/m1/s1. The van der Waals surface area contributed by atoms with Gasteiger partial charge in [0.05, 0.1) is 0 Å². The molecule has 62 heavy (non-hydrogen) atoms. The lowest BCUT2D eigenvalue weighted by Crippen LogP contribution is -2.63. The number of esters is 10. The van der Waals surface area contributed by atoms with Crippen molar-refractivity contribution in [3.63, 3.8) is 0 Å². The zero-order valence-corrected chi connectivity index (χ0v) is 35.0. The van der Waals surface area contributed by atoms with Gasteiger partial charge in [-0.15, -0.1) is 0 Å². The van der Waals surface area contributed by atoms with Crippen LogP contribution in [-0.2, 0) is 100 Å². The summed E-state index contributed by atoms with van der Waals surface area (Å²) in [4.78, 5) is 122. The van der Waals surface area contributed by atoms with Gasteiger partial charge in [-0.2, -0.15) is 0 Å². The fraction of sp³-hybridized carbons (Fsp3) is 0.538. The molecule has 2 heterocycles. The normalized spacial score (nSPS) is 25.4. The summed E-state index contributed by atoms with van der Waals surface area (Å²) in [7, 11) is 0. The third kappa shape index (κ3) is 15.4. The van der Waals surface area contributed by atoms with Crippen molar-refractivity contribution in [3.8, 4) is 11.5 Å². The molecule has 0 saturated carbocycles. The van der Waals surface area contributed by atoms with Crippen molar-refractivity contribution >= 4 is 65.8 Å². The Hall–Kier alpha value is -6.62. The molecule has 0 radical (unpaired) electrons. The van der Waals surface area contributed by atoms with Crippen LogP contribution in [0.5, 0.6) is 11.5 Å². The summed E-state index contributed by atoms with van der Waals surface area (Å²) in [6.07, 6.45) is -13.8. The maximum Gasteiger partial charge on any atom is 0.333 e. The van der Waals surface area contributed by atoms with Gasteiger partial charge in [-0.3, -0.25) is 43.2 Å². The first-order chi connectivity index (χ1) is 29.0. The first-order valence-electron chi connectivity index (χ1n) is 18.5. The van der Waals surface area contributed by atoms with E-state index in [-0.39, 0.29) is 17.1 Å². The number of benzene rings is 1. The van der Waals surface area contributed by atoms with Gasteiger partial charge in [-0.1, -0.05) is 6.07 Å². The Bertz CT molecular complexity index is 1900. The molecule has 0 aliphatic carbocycles. The monoisotopic (exact) mass is 882 g/mol. The molecule has 2 fully saturated rings. The molecule has 0 N–H and O–H groups in total. The molecule has 0 unspecified atom stereocenters. The van der Waals surface area contributed by atoms with Crippen molar-refractivity contribution in [1.29, 1.82) is 0 Å². The molecule has 2 aliphatic rings. The quantitative estimate of drug-likeness (QED) is 0.0956. The maximum absolute atomic E-state index is 13.2. The van der Waals surface area contributed by atoms with Crippen molar-refractivity contribution in [2.75, 3.05) is 13.2 Å². The van der Waals surface area contributed by atoms with Crippen molar-refractivity contribution in [2.45, 2.75) is 124 Å². The predicted molar refractivity (Wildman–Crippen MR) is 197 cm³/mol. The van der Waals surface area contributed by atoms with E-state index in [2.05, 4.69) is 0 Å². The Kier molecular flexibility index (Phi) is 18.3. The summed E-state index contributed by atoms with van der Waals surface area (Å²) < 4.78 is 70.7. The number of hydrogen-bond donors (Lipinski definition) is 0. The highest BCUT2D eigenvalue weighted by molar-refractivity contribution is 5.87. The summed E-state index contributed by atoms with van der Waals surface area (Å²) in [5, 5.41) is 0. The van der Waals surface area contributed by atoms with Crippen LogP contribution in [0.15, 0.2) is 24.3 Å². The van der Waals surface area contributed by atoms with Gasteiger partial charge in [0.1, 0.15) is 25.4 Å². The third-order valence-corrected chi connectivity index (χ3v) is 8.01. The van der Waals surface area contributed by atoms with E-state index in [1.165, 1.54) is 24.3 Å². The predicted octanol–water partition coefficient (Wildman–Crippen LogP) is 0.713. The van der Waals surface area contributed by atoms with E-state index in [1.54, 1.807) is 0 Å². The molecule has 1 aromatic rings. The van der Waals surface area contributed by atoms with Crippen molar-refractivity contribution < 1.29 is 110 Å². The number of rotatable bonds is 16. The smallest absolute Gasteiger partial charge is 0.333 e. The topological polar surface area (TPSA) is 291 Å². The lowest BCUT2D eigenvalue weighted by molar-refractivity contribution is -0.299. The zero-order chi connectivity index (χ0) is 46.4. The molecule has 340 valence electrons. The van der Waals surface area contributed by atoms with Gasteiger partial charge in [0, 0.05) is 68.4 Å². The molecule has 1 aromatic carbocycles. The second kappa shape index (κ2) is 22.8. The largest absolute Gasteiger partial charge is 0.463 e. The molecule has 23 nitrogen and oxygen atoms in total. The van der Waals surface area contributed by atoms with Gasteiger partial charge in [-0.05, 0) is 23.8 Å². The summed E-state index contributed by atoms with van der Waals surface area (Å²) in [5.41, 5.74) is 0.161. The number of carbonyl (C=O) groups is 10. The minimum absolute atomic E-state index is 0.161. The van der Waals surface area contributed by atoms with Crippen LogP contribution < -0.4 is 9.47 Å². The molecule has 0 spiro atoms. The molecule has 10 atom stereocenters. The van der Waals surface area contributed by atoms with Crippen LogP contribution in [0, 0.1) is 0 Å². The molecular weight excluding hydrogens is 836 g/mol. The molecule has 23 heteroatoms. The van der Waals surface area contributed by atoms with Crippen LogP contribution in [-0.4, -0.2) is 134 Å². The summed E-state index contributed by atoms with van der Waals surface area (Å²) in [6, 6.07) is 3.82. The van der Waals surface area contributed by atoms with Gasteiger partial charge in [-0.25, -0.2) is 4.79 Å². The van der Waals surface area contributed by atoms with Crippen LogP contribution in [0.2, 0.25) is 0 Å². The minimum Gasteiger partial charge on any atom is -0.463 e. The maximum atomic E-state index is 13.2. The van der Waals surface area contributed by atoms with Gasteiger partial charge in [0.2, 0.25) is 24.8 Å². The Morgan fingerprint density at radius 1 is 0.468 bits per heavy atom. The van der Waals surface area contributed by atoms with Gasteiger partial charge < -0.3 is 61.6 Å². The van der Waals surface area contributed by atoms with Crippen LogP contribution in [0.25, 0.3) is 6.08 Å². The lowest BCUT2D eigenvalue weighted by atomic mass is 9.98. The van der Waals surface area contributed by atoms with Crippen molar-refractivity contribution in [2.24, 2.45) is 0 Å². The van der Waals surface area contributed by atoms with Crippen molar-refractivity contribution in [1.82, 2.24) is 0 Å².